The lowest BCUT2D eigenvalue weighted by atomic mass is 9.84. The van der Waals surface area contributed by atoms with Gasteiger partial charge < -0.3 is 20.1 Å². The minimum Gasteiger partial charge on any atom is -0.469 e. The van der Waals surface area contributed by atoms with Crippen LogP contribution in [0.25, 0.3) is 0 Å². The Bertz CT molecular complexity index is 1070. The van der Waals surface area contributed by atoms with Gasteiger partial charge in [0.2, 0.25) is 0 Å². The second kappa shape index (κ2) is 13.9. The van der Waals surface area contributed by atoms with Crippen LogP contribution in [0.4, 0.5) is 0 Å². The van der Waals surface area contributed by atoms with E-state index in [0.29, 0.717) is 19.3 Å². The second-order valence-electron chi connectivity index (χ2n) is 9.46. The predicted octanol–water partition coefficient (Wildman–Crippen LogP) is 5.00. The van der Waals surface area contributed by atoms with Gasteiger partial charge in [-0.1, -0.05) is 66.7 Å². The lowest BCUT2D eigenvalue weighted by Crippen LogP contribution is -2.17. The Morgan fingerprint density at radius 2 is 1.44 bits per heavy atom. The molecule has 0 heterocycles. The van der Waals surface area contributed by atoms with E-state index in [0.717, 1.165) is 52.6 Å². The Balaban J connectivity index is 1.78. The fraction of sp³-hybridized carbons (Fsp3) is 0.387. The van der Waals surface area contributed by atoms with Crippen molar-refractivity contribution in [2.75, 3.05) is 7.11 Å². The summed E-state index contributed by atoms with van der Waals surface area (Å²) in [6.45, 7) is 1.61. The molecule has 0 spiro atoms. The molecule has 0 saturated carbocycles. The molecule has 0 amide bonds. The van der Waals surface area contributed by atoms with E-state index in [1.807, 2.05) is 49.4 Å². The molecule has 0 aromatic heterocycles. The highest BCUT2D eigenvalue weighted by Gasteiger charge is 2.23. The average Bonchev–Trinajstić information content (AvgIpc) is 2.92. The molecule has 3 N–H and O–H groups in total. The van der Waals surface area contributed by atoms with Crippen molar-refractivity contribution in [1.82, 2.24) is 0 Å². The number of methoxy groups -OCH3 is 1. The van der Waals surface area contributed by atoms with Crippen molar-refractivity contribution in [3.63, 3.8) is 0 Å². The normalized spacial score (nSPS) is 12.8. The van der Waals surface area contributed by atoms with Crippen LogP contribution in [0.2, 0.25) is 0 Å². The van der Waals surface area contributed by atoms with Crippen LogP contribution >= 0.6 is 0 Å². The Labute approximate surface area is 214 Å². The minimum atomic E-state index is -0.726. The quantitative estimate of drug-likeness (QED) is 0.294. The third-order valence-electron chi connectivity index (χ3n) is 7.02. The molecule has 0 aliphatic heterocycles. The number of carbonyl (C=O) groups excluding carboxylic acids is 1. The Kier molecular flexibility index (Phi) is 10.7. The Morgan fingerprint density at radius 3 is 2.03 bits per heavy atom. The number of esters is 1. The first kappa shape index (κ1) is 27.6. The summed E-state index contributed by atoms with van der Waals surface area (Å²) in [4.78, 5) is 11.4. The van der Waals surface area contributed by atoms with E-state index >= 15 is 0 Å². The van der Waals surface area contributed by atoms with Gasteiger partial charge >= 0.3 is 5.97 Å². The van der Waals surface area contributed by atoms with Gasteiger partial charge in [-0.05, 0) is 83.9 Å². The summed E-state index contributed by atoms with van der Waals surface area (Å²) in [7, 11) is 1.40. The van der Waals surface area contributed by atoms with Crippen LogP contribution in [0.15, 0.2) is 66.7 Å². The fourth-order valence-corrected chi connectivity index (χ4v) is 4.72. The molecule has 3 rings (SSSR count). The van der Waals surface area contributed by atoms with E-state index in [1.54, 1.807) is 0 Å². The van der Waals surface area contributed by atoms with Gasteiger partial charge in [-0.25, -0.2) is 0 Å². The molecule has 2 atom stereocenters. The van der Waals surface area contributed by atoms with E-state index in [2.05, 4.69) is 24.3 Å². The summed E-state index contributed by atoms with van der Waals surface area (Å²) >= 11 is 0. The highest BCUT2D eigenvalue weighted by molar-refractivity contribution is 5.69. The lowest BCUT2D eigenvalue weighted by molar-refractivity contribution is -0.140. The molecule has 0 fully saturated rings. The monoisotopic (exact) mass is 490 g/mol. The summed E-state index contributed by atoms with van der Waals surface area (Å²) in [5, 5.41) is 31.1. The van der Waals surface area contributed by atoms with E-state index < -0.39 is 6.10 Å². The molecule has 0 aliphatic rings. The van der Waals surface area contributed by atoms with Gasteiger partial charge in [0, 0.05) is 6.42 Å². The largest absolute Gasteiger partial charge is 0.469 e. The third kappa shape index (κ3) is 7.76. The zero-order valence-corrected chi connectivity index (χ0v) is 21.3. The van der Waals surface area contributed by atoms with Crippen LogP contribution in [0.1, 0.15) is 64.3 Å². The predicted molar refractivity (Wildman–Crippen MR) is 141 cm³/mol. The maximum absolute atomic E-state index is 11.5. The molecule has 0 saturated heterocycles. The molecule has 0 aliphatic carbocycles. The number of rotatable bonds is 13. The van der Waals surface area contributed by atoms with Gasteiger partial charge in [0.15, 0.2) is 0 Å². The maximum Gasteiger partial charge on any atom is 0.305 e. The number of aliphatic hydroxyl groups excluding tert-OH is 3. The number of benzene rings is 3. The number of ether oxygens (including phenoxy) is 1. The number of aliphatic hydroxyl groups is 3. The van der Waals surface area contributed by atoms with E-state index in [4.69, 9.17) is 4.74 Å². The van der Waals surface area contributed by atoms with Gasteiger partial charge in [-0.3, -0.25) is 4.79 Å². The molecule has 192 valence electrons. The molecule has 3 aromatic rings. The fourth-order valence-electron chi connectivity index (χ4n) is 4.72. The highest BCUT2D eigenvalue weighted by atomic mass is 16.5. The number of hydrogen-bond acceptors (Lipinski definition) is 5. The molecular weight excluding hydrogens is 452 g/mol. The van der Waals surface area contributed by atoms with Crippen LogP contribution < -0.4 is 0 Å². The smallest absolute Gasteiger partial charge is 0.305 e. The summed E-state index contributed by atoms with van der Waals surface area (Å²) in [5.41, 5.74) is 6.53. The van der Waals surface area contributed by atoms with Crippen molar-refractivity contribution in [3.8, 4) is 0 Å². The van der Waals surface area contributed by atoms with Gasteiger partial charge in [0.05, 0.1) is 26.4 Å². The van der Waals surface area contributed by atoms with Crippen molar-refractivity contribution in [2.45, 2.75) is 64.8 Å². The zero-order valence-electron chi connectivity index (χ0n) is 21.3. The molecule has 5 heteroatoms. The molecule has 3 aromatic carbocycles. The van der Waals surface area contributed by atoms with Gasteiger partial charge in [-0.2, -0.15) is 0 Å². The molecule has 0 unspecified atom stereocenters. The van der Waals surface area contributed by atoms with Crippen molar-refractivity contribution in [3.05, 3.63) is 106 Å². The van der Waals surface area contributed by atoms with Crippen molar-refractivity contribution >= 4 is 5.97 Å². The van der Waals surface area contributed by atoms with Crippen LogP contribution in [-0.4, -0.2) is 28.4 Å². The Hall–Kier alpha value is -2.99. The zero-order chi connectivity index (χ0) is 25.9. The number of aryl methyl sites for hydroxylation is 2. The van der Waals surface area contributed by atoms with Crippen LogP contribution in [0.3, 0.4) is 0 Å². The Morgan fingerprint density at radius 1 is 0.861 bits per heavy atom. The van der Waals surface area contributed by atoms with Gasteiger partial charge in [-0.15, -0.1) is 0 Å². The lowest BCUT2D eigenvalue weighted by Gasteiger charge is -2.25. The number of hydrogen-bond donors (Lipinski definition) is 3. The topological polar surface area (TPSA) is 87.0 Å². The van der Waals surface area contributed by atoms with Crippen LogP contribution in [0.5, 0.6) is 0 Å². The molecule has 5 nitrogen and oxygen atoms in total. The van der Waals surface area contributed by atoms with Crippen molar-refractivity contribution < 1.29 is 24.9 Å². The minimum absolute atomic E-state index is 0.0320. The van der Waals surface area contributed by atoms with Gasteiger partial charge in [0.1, 0.15) is 0 Å². The van der Waals surface area contributed by atoms with Crippen molar-refractivity contribution in [2.24, 2.45) is 5.92 Å². The molecule has 0 bridgehead atoms. The maximum atomic E-state index is 11.5. The average molecular weight is 491 g/mol. The first-order valence-corrected chi connectivity index (χ1v) is 12.7. The second-order valence-corrected chi connectivity index (χ2v) is 9.46. The summed E-state index contributed by atoms with van der Waals surface area (Å²) < 4.78 is 4.73. The first-order valence-electron chi connectivity index (χ1n) is 12.7. The molecule has 36 heavy (non-hydrogen) atoms. The number of carbonyl (C=O) groups is 1. The molecule has 0 radical (unpaired) electrons. The SMILES string of the molecule is COC(=O)CCc1ccc(C[C@H](CCCc2ccccc2)[C@@H](O)c2cc(CO)c(C)c(CO)c2)cc1. The van der Waals surface area contributed by atoms with E-state index in [9.17, 15) is 20.1 Å². The van der Waals surface area contributed by atoms with E-state index in [1.165, 1.54) is 12.7 Å². The summed E-state index contributed by atoms with van der Waals surface area (Å²) in [6.07, 6.45) is 3.66. The third-order valence-corrected chi connectivity index (χ3v) is 7.02. The van der Waals surface area contributed by atoms with Crippen LogP contribution in [-0.2, 0) is 42.0 Å². The van der Waals surface area contributed by atoms with Crippen LogP contribution in [0, 0.1) is 12.8 Å². The highest BCUT2D eigenvalue weighted by Crippen LogP contribution is 2.32. The standard InChI is InChI=1S/C31H38O5/c1-22-28(20-32)18-27(19-29(22)21-33)31(35)26(10-6-9-23-7-4-3-5-8-23)17-25-13-11-24(12-14-25)15-16-30(34)36-2/h3-5,7-8,11-14,18-19,26,31-33,35H,6,9-10,15-17,20-21H2,1-2H3/t26-,31+/m0/s1. The summed E-state index contributed by atoms with van der Waals surface area (Å²) in [6, 6.07) is 22.3. The first-order chi connectivity index (χ1) is 17.4. The summed E-state index contributed by atoms with van der Waals surface area (Å²) in [5.74, 6) is -0.251. The van der Waals surface area contributed by atoms with Gasteiger partial charge in [0.25, 0.3) is 0 Å². The molecular formula is C31H38O5. The van der Waals surface area contributed by atoms with Crippen molar-refractivity contribution in [1.29, 1.82) is 0 Å². The van der Waals surface area contributed by atoms with E-state index in [-0.39, 0.29) is 25.1 Å².